The molecule has 0 spiro atoms. The van der Waals surface area contributed by atoms with Gasteiger partial charge in [-0.1, -0.05) is 18.5 Å². The van der Waals surface area contributed by atoms with Gasteiger partial charge in [0.2, 0.25) is 0 Å². The SMILES string of the molecule is CCNc1cc(Sc2ccc(Cl)cn2)nc(CC)n1. The zero-order valence-corrected chi connectivity index (χ0v) is 12.4. The van der Waals surface area contributed by atoms with Crippen LogP contribution in [-0.2, 0) is 6.42 Å². The summed E-state index contributed by atoms with van der Waals surface area (Å²) in [6, 6.07) is 5.64. The summed E-state index contributed by atoms with van der Waals surface area (Å²) >= 11 is 7.33. The van der Waals surface area contributed by atoms with E-state index in [1.54, 1.807) is 6.20 Å². The van der Waals surface area contributed by atoms with E-state index in [9.17, 15) is 0 Å². The molecule has 0 aliphatic carbocycles. The van der Waals surface area contributed by atoms with Crippen LogP contribution in [0.2, 0.25) is 5.02 Å². The van der Waals surface area contributed by atoms with Gasteiger partial charge in [-0.2, -0.15) is 0 Å². The molecule has 0 aliphatic rings. The molecule has 0 saturated heterocycles. The van der Waals surface area contributed by atoms with Crippen LogP contribution in [0.1, 0.15) is 19.7 Å². The third kappa shape index (κ3) is 4.08. The van der Waals surface area contributed by atoms with E-state index in [4.69, 9.17) is 11.6 Å². The van der Waals surface area contributed by atoms with Gasteiger partial charge in [0.1, 0.15) is 21.7 Å². The number of hydrogen-bond acceptors (Lipinski definition) is 5. The summed E-state index contributed by atoms with van der Waals surface area (Å²) < 4.78 is 0. The van der Waals surface area contributed by atoms with Crippen molar-refractivity contribution in [3.63, 3.8) is 0 Å². The maximum Gasteiger partial charge on any atom is 0.131 e. The number of aromatic nitrogens is 3. The number of pyridine rings is 1. The number of nitrogens with zero attached hydrogens (tertiary/aromatic N) is 3. The smallest absolute Gasteiger partial charge is 0.131 e. The van der Waals surface area contributed by atoms with Crippen molar-refractivity contribution in [3.05, 3.63) is 35.2 Å². The van der Waals surface area contributed by atoms with E-state index in [1.807, 2.05) is 32.0 Å². The average molecular weight is 295 g/mol. The summed E-state index contributed by atoms with van der Waals surface area (Å²) in [4.78, 5) is 13.2. The molecule has 1 N–H and O–H groups in total. The molecule has 0 amide bonds. The summed E-state index contributed by atoms with van der Waals surface area (Å²) in [6.07, 6.45) is 2.44. The Morgan fingerprint density at radius 1 is 1.21 bits per heavy atom. The Labute approximate surface area is 122 Å². The lowest BCUT2D eigenvalue weighted by Gasteiger charge is -2.07. The molecular weight excluding hydrogens is 280 g/mol. The molecular formula is C13H15ClN4S. The van der Waals surface area contributed by atoms with Crippen molar-refractivity contribution in [3.8, 4) is 0 Å². The molecule has 0 radical (unpaired) electrons. The summed E-state index contributed by atoms with van der Waals surface area (Å²) in [5.74, 6) is 1.68. The summed E-state index contributed by atoms with van der Waals surface area (Å²) in [5.41, 5.74) is 0. The maximum absolute atomic E-state index is 5.82. The van der Waals surface area contributed by atoms with E-state index in [0.717, 1.165) is 34.7 Å². The minimum Gasteiger partial charge on any atom is -0.370 e. The van der Waals surface area contributed by atoms with Gasteiger partial charge in [0.25, 0.3) is 0 Å². The first-order valence-electron chi connectivity index (χ1n) is 6.12. The van der Waals surface area contributed by atoms with Gasteiger partial charge in [0.05, 0.1) is 5.02 Å². The normalized spacial score (nSPS) is 10.5. The number of rotatable bonds is 5. The van der Waals surface area contributed by atoms with Gasteiger partial charge in [0.15, 0.2) is 0 Å². The molecule has 0 fully saturated rings. The summed E-state index contributed by atoms with van der Waals surface area (Å²) in [7, 11) is 0. The van der Waals surface area contributed by atoms with Gasteiger partial charge in [0, 0.05) is 25.2 Å². The zero-order chi connectivity index (χ0) is 13.7. The van der Waals surface area contributed by atoms with Crippen molar-refractivity contribution < 1.29 is 0 Å². The topological polar surface area (TPSA) is 50.7 Å². The minimum absolute atomic E-state index is 0.634. The van der Waals surface area contributed by atoms with E-state index < -0.39 is 0 Å². The largest absolute Gasteiger partial charge is 0.370 e. The Morgan fingerprint density at radius 2 is 2.05 bits per heavy atom. The minimum atomic E-state index is 0.634. The highest BCUT2D eigenvalue weighted by Crippen LogP contribution is 2.26. The van der Waals surface area contributed by atoms with Crippen LogP contribution < -0.4 is 5.32 Å². The quantitative estimate of drug-likeness (QED) is 0.853. The number of halogens is 1. The van der Waals surface area contributed by atoms with E-state index in [1.165, 1.54) is 11.8 Å². The Kier molecular flexibility index (Phi) is 4.99. The maximum atomic E-state index is 5.82. The fourth-order valence-electron chi connectivity index (χ4n) is 1.48. The lowest BCUT2D eigenvalue weighted by Crippen LogP contribution is -2.03. The molecule has 0 unspecified atom stereocenters. The standard InChI is InChI=1S/C13H15ClN4S/c1-3-10-17-11(15-4-2)7-13(18-10)19-12-6-5-9(14)8-16-12/h5-8H,3-4H2,1-2H3,(H,15,17,18). The molecule has 0 aliphatic heterocycles. The predicted octanol–water partition coefficient (Wildman–Crippen LogP) is 3.67. The Hall–Kier alpha value is -1.33. The summed E-state index contributed by atoms with van der Waals surface area (Å²) in [5, 5.41) is 5.60. The van der Waals surface area contributed by atoms with Crippen molar-refractivity contribution in [1.29, 1.82) is 0 Å². The Balaban J connectivity index is 2.23. The van der Waals surface area contributed by atoms with Crippen molar-refractivity contribution in [2.45, 2.75) is 30.3 Å². The van der Waals surface area contributed by atoms with Crippen molar-refractivity contribution in [1.82, 2.24) is 15.0 Å². The van der Waals surface area contributed by atoms with Gasteiger partial charge >= 0.3 is 0 Å². The fraction of sp³-hybridized carbons (Fsp3) is 0.308. The molecule has 2 aromatic heterocycles. The molecule has 2 heterocycles. The van der Waals surface area contributed by atoms with Gasteiger partial charge in [-0.15, -0.1) is 0 Å². The summed E-state index contributed by atoms with van der Waals surface area (Å²) in [6.45, 7) is 4.92. The van der Waals surface area contributed by atoms with Crippen molar-refractivity contribution in [2.24, 2.45) is 0 Å². The van der Waals surface area contributed by atoms with Gasteiger partial charge in [-0.3, -0.25) is 0 Å². The van der Waals surface area contributed by atoms with E-state index >= 15 is 0 Å². The molecule has 0 saturated carbocycles. The van der Waals surface area contributed by atoms with Gasteiger partial charge in [-0.05, 0) is 30.8 Å². The molecule has 4 nitrogen and oxygen atoms in total. The molecule has 0 bridgehead atoms. The van der Waals surface area contributed by atoms with E-state index in [2.05, 4.69) is 20.3 Å². The van der Waals surface area contributed by atoms with Crippen molar-refractivity contribution >= 4 is 29.2 Å². The van der Waals surface area contributed by atoms with Crippen LogP contribution in [-0.4, -0.2) is 21.5 Å². The van der Waals surface area contributed by atoms with E-state index in [-0.39, 0.29) is 0 Å². The molecule has 100 valence electrons. The molecule has 0 atom stereocenters. The second kappa shape index (κ2) is 6.73. The molecule has 6 heteroatoms. The number of nitrogens with one attached hydrogen (secondary N) is 1. The van der Waals surface area contributed by atoms with Crippen LogP contribution in [0.25, 0.3) is 0 Å². The molecule has 0 aromatic carbocycles. The third-order valence-corrected chi connectivity index (χ3v) is 3.42. The van der Waals surface area contributed by atoms with Crippen LogP contribution in [0.15, 0.2) is 34.4 Å². The highest BCUT2D eigenvalue weighted by atomic mass is 35.5. The highest BCUT2D eigenvalue weighted by molar-refractivity contribution is 7.99. The average Bonchev–Trinajstić information content (AvgIpc) is 2.41. The van der Waals surface area contributed by atoms with Gasteiger partial charge < -0.3 is 5.32 Å². The molecule has 19 heavy (non-hydrogen) atoms. The van der Waals surface area contributed by atoms with E-state index in [0.29, 0.717) is 5.02 Å². The first-order chi connectivity index (χ1) is 9.21. The lowest BCUT2D eigenvalue weighted by molar-refractivity contribution is 0.886. The van der Waals surface area contributed by atoms with Crippen LogP contribution >= 0.6 is 23.4 Å². The Bertz CT molecular complexity index is 545. The van der Waals surface area contributed by atoms with Crippen LogP contribution in [0.4, 0.5) is 5.82 Å². The number of anilines is 1. The van der Waals surface area contributed by atoms with Crippen LogP contribution in [0.5, 0.6) is 0 Å². The van der Waals surface area contributed by atoms with Gasteiger partial charge in [-0.25, -0.2) is 15.0 Å². The number of hydrogen-bond donors (Lipinski definition) is 1. The first-order valence-corrected chi connectivity index (χ1v) is 7.32. The third-order valence-electron chi connectivity index (χ3n) is 2.33. The zero-order valence-electron chi connectivity index (χ0n) is 10.9. The Morgan fingerprint density at radius 3 is 2.68 bits per heavy atom. The molecule has 2 rings (SSSR count). The highest BCUT2D eigenvalue weighted by Gasteiger charge is 2.06. The second-order valence-corrected chi connectivity index (χ2v) is 5.29. The number of aryl methyl sites for hydroxylation is 1. The predicted molar refractivity (Wildman–Crippen MR) is 78.9 cm³/mol. The monoisotopic (exact) mass is 294 g/mol. The lowest BCUT2D eigenvalue weighted by atomic mass is 10.4. The first kappa shape index (κ1) is 14.1. The van der Waals surface area contributed by atoms with Crippen LogP contribution in [0.3, 0.4) is 0 Å². The van der Waals surface area contributed by atoms with Crippen molar-refractivity contribution in [2.75, 3.05) is 11.9 Å². The van der Waals surface area contributed by atoms with Crippen LogP contribution in [0, 0.1) is 0 Å². The molecule has 2 aromatic rings. The second-order valence-electron chi connectivity index (χ2n) is 3.81. The fourth-order valence-corrected chi connectivity index (χ4v) is 2.37.